The monoisotopic (exact) mass is 1070 g/mol. The number of phenols is 1. The van der Waals surface area contributed by atoms with Crippen molar-refractivity contribution in [3.63, 3.8) is 0 Å². The van der Waals surface area contributed by atoms with Crippen molar-refractivity contribution < 1.29 is 90.1 Å². The molecule has 0 fully saturated rings. The summed E-state index contributed by atoms with van der Waals surface area (Å²) >= 11 is 0. The summed E-state index contributed by atoms with van der Waals surface area (Å²) in [5.41, 5.74) is 7.79. The van der Waals surface area contributed by atoms with Crippen molar-refractivity contribution in [2.75, 3.05) is 13.2 Å². The number of carbonyl (C=O) groups excluding carboxylic acids is 8. The van der Waals surface area contributed by atoms with Crippen LogP contribution in [0.3, 0.4) is 0 Å². The normalized spacial score (nSPS) is 15.8. The van der Waals surface area contributed by atoms with E-state index >= 15 is 0 Å². The minimum absolute atomic E-state index is 0.0296. The molecule has 0 unspecified atom stereocenters. The lowest BCUT2D eigenvalue weighted by Gasteiger charge is -2.29. The van der Waals surface area contributed by atoms with Gasteiger partial charge in [0.2, 0.25) is 41.4 Å². The maximum atomic E-state index is 14.4. The fourth-order valence-electron chi connectivity index (χ4n) is 7.54. The van der Waals surface area contributed by atoms with E-state index in [1.807, 2.05) is 0 Å². The van der Waals surface area contributed by atoms with Gasteiger partial charge in [-0.3, -0.25) is 43.2 Å². The fraction of sp³-hybridized carbons (Fsp3) is 0.673. The number of hydrogen-bond donors (Lipinski definition) is 16. The molecular weight excluding hydrogens is 985 g/mol. The molecule has 1 rings (SSSR count). The number of hydrogen-bond acceptors (Lipinski definition) is 14. The van der Waals surface area contributed by atoms with Gasteiger partial charge < -0.3 is 84.6 Å². The van der Waals surface area contributed by atoms with Gasteiger partial charge >= 0.3 is 11.9 Å². The molecule has 8 amide bonds. The van der Waals surface area contributed by atoms with Crippen LogP contribution in [0.25, 0.3) is 0 Å². The number of quaternary nitrogens is 2. The van der Waals surface area contributed by atoms with Gasteiger partial charge in [-0.15, -0.1) is 0 Å². The van der Waals surface area contributed by atoms with E-state index in [1.165, 1.54) is 24.3 Å². The van der Waals surface area contributed by atoms with Crippen molar-refractivity contribution in [2.45, 2.75) is 180 Å². The van der Waals surface area contributed by atoms with Gasteiger partial charge in [0.25, 0.3) is 5.91 Å². The molecular formula is C49H84N10O16+2. The first-order chi connectivity index (χ1) is 35.0. The largest absolute Gasteiger partial charge is 0.508 e. The van der Waals surface area contributed by atoms with Crippen LogP contribution in [0.4, 0.5) is 0 Å². The third-order valence-electron chi connectivity index (χ3n) is 11.6. The lowest BCUT2D eigenvalue weighted by Crippen LogP contribution is -2.70. The summed E-state index contributed by atoms with van der Waals surface area (Å²) < 4.78 is 0. The van der Waals surface area contributed by atoms with Gasteiger partial charge in [0.15, 0.2) is 12.1 Å². The molecule has 0 aliphatic rings. The number of rotatable bonds is 35. The van der Waals surface area contributed by atoms with E-state index in [2.05, 4.69) is 54.0 Å². The second-order valence-electron chi connectivity index (χ2n) is 20.1. The van der Waals surface area contributed by atoms with Crippen LogP contribution in [0.15, 0.2) is 24.3 Å². The standard InChI is InChI=1S/C49H82N10O16/c1-24(2)19-34(55-45(70)35(20-25(3)4)54-43(68)33(16-17-38(64)65)52-41(66)31(51)23-60)44(69)53-32(11-9-10-18-50)42(67)57-37(22-29-12-14-30(63)15-13-29)46(71)56-36(21-26(5)6)47(72)58-39(27(7)61)48(73)59-40(28(8)62)49(74)75/h12-15,24-28,31-37,39-40,60-63H,9-11,16-23,50-51H2,1-8H3,(H,52,66)(H,53,69)(H,54,68)(H,55,70)(H,56,71)(H,57,67)(H,58,72)(H,59,73)(H,64,65)(H,74,75)/p+2/t27-,28-,31+,32+,33+,34+,35+,36+,37+,39+,40+/m1/s1. The van der Waals surface area contributed by atoms with Gasteiger partial charge in [0, 0.05) is 12.8 Å². The molecule has 75 heavy (non-hydrogen) atoms. The maximum absolute atomic E-state index is 14.4. The Morgan fingerprint density at radius 3 is 1.27 bits per heavy atom. The Morgan fingerprint density at radius 1 is 0.493 bits per heavy atom. The average molecular weight is 1070 g/mol. The molecule has 0 saturated heterocycles. The van der Waals surface area contributed by atoms with Gasteiger partial charge in [0.1, 0.15) is 54.6 Å². The Labute approximate surface area is 437 Å². The summed E-state index contributed by atoms with van der Waals surface area (Å²) in [7, 11) is 0. The van der Waals surface area contributed by atoms with Crippen LogP contribution in [0, 0.1) is 17.8 Å². The van der Waals surface area contributed by atoms with Crippen LogP contribution in [-0.2, 0) is 54.4 Å². The molecule has 1 aromatic rings. The molecule has 20 N–H and O–H groups in total. The number of nitrogens with one attached hydrogen (secondary N) is 8. The van der Waals surface area contributed by atoms with Crippen molar-refractivity contribution in [3.8, 4) is 5.75 Å². The number of carbonyl (C=O) groups is 10. The zero-order valence-corrected chi connectivity index (χ0v) is 44.4. The van der Waals surface area contributed by atoms with E-state index in [-0.39, 0.29) is 62.0 Å². The molecule has 0 aliphatic heterocycles. The highest BCUT2D eigenvalue weighted by Crippen LogP contribution is 2.15. The number of unbranched alkanes of at least 4 members (excludes halogenated alkanes) is 1. The van der Waals surface area contributed by atoms with Crippen molar-refractivity contribution in [1.82, 2.24) is 42.5 Å². The van der Waals surface area contributed by atoms with E-state index in [4.69, 9.17) is 0 Å². The number of amides is 8. The highest BCUT2D eigenvalue weighted by Gasteiger charge is 2.37. The molecule has 0 spiro atoms. The van der Waals surface area contributed by atoms with E-state index in [0.717, 1.165) is 13.8 Å². The number of aliphatic hydroxyl groups is 3. The summed E-state index contributed by atoms with van der Waals surface area (Å²) in [4.78, 5) is 133. The minimum atomic E-state index is -1.79. The zero-order chi connectivity index (χ0) is 57.3. The summed E-state index contributed by atoms with van der Waals surface area (Å²) in [6, 6.07) is -7.26. The van der Waals surface area contributed by atoms with Crippen molar-refractivity contribution in [3.05, 3.63) is 29.8 Å². The van der Waals surface area contributed by atoms with Crippen LogP contribution >= 0.6 is 0 Å². The summed E-state index contributed by atoms with van der Waals surface area (Å²) in [6.07, 6.45) is -3.28. The number of carboxylic acid groups (broad SMARTS) is 2. The highest BCUT2D eigenvalue weighted by atomic mass is 16.4. The molecule has 424 valence electrons. The molecule has 0 aromatic heterocycles. The first-order valence-electron chi connectivity index (χ1n) is 25.3. The molecule has 0 heterocycles. The first-order valence-corrected chi connectivity index (χ1v) is 25.3. The van der Waals surface area contributed by atoms with Gasteiger partial charge in [0.05, 0.1) is 18.8 Å². The number of aromatic hydroxyl groups is 1. The number of benzene rings is 1. The van der Waals surface area contributed by atoms with Crippen molar-refractivity contribution >= 4 is 59.2 Å². The van der Waals surface area contributed by atoms with Gasteiger partial charge in [-0.05, 0) is 94.2 Å². The lowest BCUT2D eigenvalue weighted by atomic mass is 9.98. The number of phenolic OH excluding ortho intramolecular Hbond substituents is 1. The minimum Gasteiger partial charge on any atom is -0.508 e. The zero-order valence-electron chi connectivity index (χ0n) is 44.4. The number of aliphatic hydroxyl groups excluding tert-OH is 3. The number of aliphatic carboxylic acids is 2. The number of carboxylic acids is 2. The van der Waals surface area contributed by atoms with Gasteiger partial charge in [-0.1, -0.05) is 53.7 Å². The third-order valence-corrected chi connectivity index (χ3v) is 11.6. The Bertz CT molecular complexity index is 2050. The molecule has 0 bridgehead atoms. The molecule has 26 heteroatoms. The van der Waals surface area contributed by atoms with E-state index in [0.29, 0.717) is 24.9 Å². The predicted octanol–water partition coefficient (Wildman–Crippen LogP) is -4.32. The van der Waals surface area contributed by atoms with Crippen LogP contribution in [0.5, 0.6) is 5.75 Å². The topological polar surface area (TPSA) is 444 Å². The molecule has 0 aliphatic carbocycles. The molecule has 26 nitrogen and oxygen atoms in total. The Kier molecular flexibility index (Phi) is 29.7. The predicted molar refractivity (Wildman–Crippen MR) is 269 cm³/mol. The second kappa shape index (κ2) is 33.4. The van der Waals surface area contributed by atoms with Crippen LogP contribution in [-0.4, -0.2) is 170 Å². The van der Waals surface area contributed by atoms with Crippen LogP contribution in [0.1, 0.15) is 112 Å². The summed E-state index contributed by atoms with van der Waals surface area (Å²) in [6.45, 7) is 12.6. The van der Waals surface area contributed by atoms with E-state index < -0.39 is 139 Å². The smallest absolute Gasteiger partial charge is 0.328 e. The van der Waals surface area contributed by atoms with Crippen molar-refractivity contribution in [2.24, 2.45) is 17.8 Å². The van der Waals surface area contributed by atoms with Gasteiger partial charge in [-0.2, -0.15) is 0 Å². The van der Waals surface area contributed by atoms with Crippen LogP contribution < -0.4 is 54.0 Å². The Balaban J connectivity index is 3.64. The van der Waals surface area contributed by atoms with Gasteiger partial charge in [-0.25, -0.2) is 4.79 Å². The van der Waals surface area contributed by atoms with Crippen molar-refractivity contribution in [1.29, 1.82) is 0 Å². The summed E-state index contributed by atoms with van der Waals surface area (Å²) in [5.74, 6) is -10.8. The highest BCUT2D eigenvalue weighted by molar-refractivity contribution is 5.98. The Hall–Kier alpha value is -6.48. The Morgan fingerprint density at radius 2 is 0.867 bits per heavy atom. The quantitative estimate of drug-likeness (QED) is 0.0286. The van der Waals surface area contributed by atoms with Crippen LogP contribution in [0.2, 0.25) is 0 Å². The van der Waals surface area contributed by atoms with E-state index in [1.54, 1.807) is 41.5 Å². The average Bonchev–Trinajstić information content (AvgIpc) is 3.31. The second-order valence-corrected chi connectivity index (χ2v) is 20.1. The maximum Gasteiger partial charge on any atom is 0.328 e. The lowest BCUT2D eigenvalue weighted by molar-refractivity contribution is -0.409. The SMILES string of the molecule is CC(C)C[C@H](NC(=O)[C@H](CC(C)C)NC(=O)[C@H](CCC(=O)O)NC(=O)[C@@H]([NH3+])CO)C(=O)N[C@@H](CCCC[NH3+])C(=O)N[C@@H](Cc1ccc(O)cc1)C(=O)N[C@@H](CC(C)C)C(=O)N[C@H](C(=O)N[C@H](C(=O)O)[C@@H](C)O)[C@@H](C)O. The fourth-order valence-corrected chi connectivity index (χ4v) is 7.54. The first kappa shape index (κ1) is 66.5. The molecule has 11 atom stereocenters. The molecule has 1 aromatic carbocycles. The molecule has 0 saturated carbocycles. The molecule has 0 radical (unpaired) electrons. The van der Waals surface area contributed by atoms with E-state index in [9.17, 15) is 78.6 Å². The third kappa shape index (κ3) is 25.1. The summed E-state index contributed by atoms with van der Waals surface area (Å²) in [5, 5.41) is 78.6.